The lowest BCUT2D eigenvalue weighted by Gasteiger charge is -2.27. The molecule has 7 nitrogen and oxygen atoms in total. The average Bonchev–Trinajstić information content (AvgIpc) is 3.10. The summed E-state index contributed by atoms with van der Waals surface area (Å²) in [6.07, 6.45) is 2.93. The Bertz CT molecular complexity index is 1010. The molecule has 1 aliphatic rings. The molecule has 1 saturated heterocycles. The first-order valence-corrected chi connectivity index (χ1v) is 9.04. The second-order valence-electron chi connectivity index (χ2n) is 5.50. The summed E-state index contributed by atoms with van der Waals surface area (Å²) >= 11 is 6.31. The maximum Gasteiger partial charge on any atom is 0.278 e. The fraction of sp³-hybridized carbons (Fsp3) is 0.0556. The van der Waals surface area contributed by atoms with Crippen molar-refractivity contribution in [3.8, 4) is 10.4 Å². The molecule has 136 valence electrons. The minimum absolute atomic E-state index is 0.0197. The summed E-state index contributed by atoms with van der Waals surface area (Å²) in [6, 6.07) is 8.03. The van der Waals surface area contributed by atoms with E-state index < -0.39 is 16.7 Å². The second-order valence-corrected chi connectivity index (χ2v) is 6.80. The van der Waals surface area contributed by atoms with Gasteiger partial charge in [-0.25, -0.2) is 0 Å². The van der Waals surface area contributed by atoms with Crippen molar-refractivity contribution in [2.24, 2.45) is 0 Å². The molecule has 0 aliphatic carbocycles. The fourth-order valence-electron chi connectivity index (χ4n) is 2.62. The highest BCUT2D eigenvalue weighted by molar-refractivity contribution is 7.80. The Morgan fingerprint density at radius 3 is 2.74 bits per heavy atom. The van der Waals surface area contributed by atoms with Gasteiger partial charge in [0.15, 0.2) is 5.11 Å². The zero-order chi connectivity index (χ0) is 19.6. The summed E-state index contributed by atoms with van der Waals surface area (Å²) in [5.41, 5.74) is 0.822. The van der Waals surface area contributed by atoms with Crippen LogP contribution in [-0.4, -0.2) is 33.3 Å². The Morgan fingerprint density at radius 2 is 2.04 bits per heavy atom. The van der Waals surface area contributed by atoms with Crippen molar-refractivity contribution in [1.29, 1.82) is 0 Å². The number of rotatable bonds is 5. The van der Waals surface area contributed by atoms with Crippen LogP contribution >= 0.6 is 23.6 Å². The number of amides is 2. The van der Waals surface area contributed by atoms with Gasteiger partial charge in [0, 0.05) is 17.5 Å². The van der Waals surface area contributed by atoms with Gasteiger partial charge in [-0.3, -0.25) is 29.9 Å². The number of carbonyl (C=O) groups is 2. The van der Waals surface area contributed by atoms with Crippen LogP contribution in [0.3, 0.4) is 0 Å². The van der Waals surface area contributed by atoms with Crippen LogP contribution in [0.2, 0.25) is 0 Å². The van der Waals surface area contributed by atoms with Crippen LogP contribution in [-0.2, 0) is 9.59 Å². The summed E-state index contributed by atoms with van der Waals surface area (Å²) in [6.45, 7) is 3.74. The SMILES string of the molecule is C=CCN1C(=O)C(=Cc2ccsc2-c2ccccc2[N+](=O)[O-])C(=O)NC1=S. The molecule has 1 N–H and O–H groups in total. The van der Waals surface area contributed by atoms with Gasteiger partial charge >= 0.3 is 0 Å². The summed E-state index contributed by atoms with van der Waals surface area (Å²) in [5.74, 6) is -1.15. The van der Waals surface area contributed by atoms with E-state index in [0.29, 0.717) is 16.0 Å². The first kappa shape index (κ1) is 18.6. The molecule has 27 heavy (non-hydrogen) atoms. The number of hydrogen-bond donors (Lipinski definition) is 1. The highest BCUT2D eigenvalue weighted by atomic mass is 32.1. The van der Waals surface area contributed by atoms with Gasteiger partial charge < -0.3 is 0 Å². The van der Waals surface area contributed by atoms with E-state index in [4.69, 9.17) is 12.2 Å². The molecule has 0 saturated carbocycles. The molecule has 0 radical (unpaired) electrons. The third kappa shape index (κ3) is 3.55. The Labute approximate surface area is 163 Å². The molecule has 0 bridgehead atoms. The molecule has 2 heterocycles. The normalized spacial score (nSPS) is 15.8. The second kappa shape index (κ2) is 7.60. The van der Waals surface area contributed by atoms with Crippen LogP contribution in [0.4, 0.5) is 5.69 Å². The number of carbonyl (C=O) groups excluding carboxylic acids is 2. The molecule has 1 aromatic heterocycles. The summed E-state index contributed by atoms with van der Waals surface area (Å²) in [7, 11) is 0. The number of benzene rings is 1. The molecule has 0 atom stereocenters. The molecule has 3 rings (SSSR count). The summed E-state index contributed by atoms with van der Waals surface area (Å²) in [5, 5.41) is 15.6. The largest absolute Gasteiger partial charge is 0.298 e. The van der Waals surface area contributed by atoms with E-state index in [2.05, 4.69) is 11.9 Å². The Balaban J connectivity index is 2.07. The maximum atomic E-state index is 12.6. The smallest absolute Gasteiger partial charge is 0.278 e. The van der Waals surface area contributed by atoms with E-state index in [1.165, 1.54) is 34.5 Å². The number of nitro benzene ring substituents is 1. The topological polar surface area (TPSA) is 92.6 Å². The number of nitrogens with zero attached hydrogens (tertiary/aromatic N) is 2. The lowest BCUT2D eigenvalue weighted by molar-refractivity contribution is -0.384. The molecule has 1 aromatic carbocycles. The predicted molar refractivity (Wildman–Crippen MR) is 107 cm³/mol. The standard InChI is InChI=1S/C18H13N3O4S2/c1-2-8-20-17(23)13(16(22)19-18(20)26)10-11-7-9-27-15(11)12-5-3-4-6-14(12)21(24)25/h2-7,9-10H,1,8H2,(H,19,22,26). The zero-order valence-electron chi connectivity index (χ0n) is 13.9. The predicted octanol–water partition coefficient (Wildman–Crippen LogP) is 3.14. The van der Waals surface area contributed by atoms with Gasteiger partial charge in [0.25, 0.3) is 17.5 Å². The number of thiocarbonyl (C=S) groups is 1. The number of hydrogen-bond acceptors (Lipinski definition) is 6. The van der Waals surface area contributed by atoms with E-state index in [-0.39, 0.29) is 22.9 Å². The van der Waals surface area contributed by atoms with Crippen LogP contribution < -0.4 is 5.32 Å². The number of nitrogens with one attached hydrogen (secondary N) is 1. The van der Waals surface area contributed by atoms with E-state index in [9.17, 15) is 19.7 Å². The van der Waals surface area contributed by atoms with Crippen LogP contribution in [0.1, 0.15) is 5.56 Å². The summed E-state index contributed by atoms with van der Waals surface area (Å²) < 4.78 is 0. The molecule has 9 heteroatoms. The molecular weight excluding hydrogens is 386 g/mol. The molecule has 2 aromatic rings. The lowest BCUT2D eigenvalue weighted by Crippen LogP contribution is -2.53. The fourth-order valence-corrected chi connectivity index (χ4v) is 3.78. The molecule has 1 fully saturated rings. The van der Waals surface area contributed by atoms with Crippen molar-refractivity contribution < 1.29 is 14.5 Å². The highest BCUT2D eigenvalue weighted by Gasteiger charge is 2.33. The zero-order valence-corrected chi connectivity index (χ0v) is 15.5. The molecule has 0 unspecified atom stereocenters. The van der Waals surface area contributed by atoms with E-state index in [0.717, 1.165) is 0 Å². The van der Waals surface area contributed by atoms with Gasteiger partial charge in [-0.15, -0.1) is 17.9 Å². The molecular formula is C18H13N3O4S2. The van der Waals surface area contributed by atoms with Gasteiger partial charge in [0.2, 0.25) is 0 Å². The van der Waals surface area contributed by atoms with Crippen molar-refractivity contribution in [1.82, 2.24) is 10.2 Å². The van der Waals surface area contributed by atoms with Crippen LogP contribution in [0.25, 0.3) is 16.5 Å². The summed E-state index contributed by atoms with van der Waals surface area (Å²) in [4.78, 5) is 37.6. The van der Waals surface area contributed by atoms with E-state index in [1.54, 1.807) is 29.6 Å². The average molecular weight is 399 g/mol. The third-order valence-electron chi connectivity index (χ3n) is 3.84. The van der Waals surface area contributed by atoms with Gasteiger partial charge in [0.05, 0.1) is 10.5 Å². The monoisotopic (exact) mass is 399 g/mol. The molecule has 0 spiro atoms. The van der Waals surface area contributed by atoms with Crippen molar-refractivity contribution >= 4 is 52.2 Å². The first-order chi connectivity index (χ1) is 12.9. The van der Waals surface area contributed by atoms with Gasteiger partial charge in [0.1, 0.15) is 5.57 Å². The Kier molecular flexibility index (Phi) is 5.24. The van der Waals surface area contributed by atoms with Crippen molar-refractivity contribution in [2.75, 3.05) is 6.54 Å². The van der Waals surface area contributed by atoms with Crippen molar-refractivity contribution in [3.63, 3.8) is 0 Å². The van der Waals surface area contributed by atoms with Crippen LogP contribution in [0.5, 0.6) is 0 Å². The quantitative estimate of drug-likeness (QED) is 0.208. The van der Waals surface area contributed by atoms with E-state index >= 15 is 0 Å². The number of nitro groups is 1. The molecule has 1 aliphatic heterocycles. The minimum atomic E-state index is -0.606. The first-order valence-electron chi connectivity index (χ1n) is 7.75. The Hall–Kier alpha value is -3.17. The number of thiophene rings is 1. The highest BCUT2D eigenvalue weighted by Crippen LogP contribution is 2.37. The Morgan fingerprint density at radius 1 is 1.30 bits per heavy atom. The maximum absolute atomic E-state index is 12.6. The van der Waals surface area contributed by atoms with Crippen LogP contribution in [0, 0.1) is 10.1 Å². The van der Waals surface area contributed by atoms with Gasteiger partial charge in [-0.2, -0.15) is 0 Å². The number of para-hydroxylation sites is 1. The van der Waals surface area contributed by atoms with Crippen molar-refractivity contribution in [3.05, 3.63) is 69.6 Å². The third-order valence-corrected chi connectivity index (χ3v) is 5.12. The molecule has 2 amide bonds. The van der Waals surface area contributed by atoms with E-state index in [1.807, 2.05) is 0 Å². The van der Waals surface area contributed by atoms with Crippen molar-refractivity contribution in [2.45, 2.75) is 0 Å². The lowest BCUT2D eigenvalue weighted by atomic mass is 10.0. The minimum Gasteiger partial charge on any atom is -0.298 e. The van der Waals surface area contributed by atoms with Crippen LogP contribution in [0.15, 0.2) is 53.9 Å². The van der Waals surface area contributed by atoms with Gasteiger partial charge in [-0.05, 0) is 41.4 Å². The van der Waals surface area contributed by atoms with Gasteiger partial charge in [-0.1, -0.05) is 18.2 Å².